The molecule has 1 unspecified atom stereocenters. The zero-order valence-corrected chi connectivity index (χ0v) is 15.3. The number of benzene rings is 1. The van der Waals surface area contributed by atoms with Crippen molar-refractivity contribution in [3.05, 3.63) is 41.3 Å². The molecule has 27 heavy (non-hydrogen) atoms. The fourth-order valence-electron chi connectivity index (χ4n) is 3.62. The fourth-order valence-corrected chi connectivity index (χ4v) is 3.62. The molecule has 1 aliphatic carbocycles. The minimum atomic E-state index is -4.39. The number of hydrogen-bond acceptors (Lipinski definition) is 5. The van der Waals surface area contributed by atoms with E-state index in [0.717, 1.165) is 44.7 Å². The van der Waals surface area contributed by atoms with Gasteiger partial charge in [-0.15, -0.1) is 0 Å². The van der Waals surface area contributed by atoms with Crippen LogP contribution in [0, 0.1) is 5.41 Å². The van der Waals surface area contributed by atoms with Gasteiger partial charge in [-0.05, 0) is 50.6 Å². The van der Waals surface area contributed by atoms with Crippen LogP contribution in [0.25, 0.3) is 0 Å². The lowest BCUT2D eigenvalue weighted by Gasteiger charge is -2.40. The van der Waals surface area contributed by atoms with E-state index in [1.165, 1.54) is 12.1 Å². The Hall–Kier alpha value is -2.06. The Balaban J connectivity index is 1.69. The number of aliphatic hydroxyl groups excluding tert-OH is 1. The largest absolute Gasteiger partial charge is 0.494 e. The average Bonchev–Trinajstić information content (AvgIpc) is 2.62. The first-order chi connectivity index (χ1) is 12.7. The van der Waals surface area contributed by atoms with E-state index >= 15 is 0 Å². The topological polar surface area (TPSA) is 62.6 Å². The molecular formula is C19H25F3N4O. The number of likely N-dealkylation sites (N-methyl/N-ethyl adjacent to an activating group) is 1. The summed E-state index contributed by atoms with van der Waals surface area (Å²) in [7, 11) is 2.10. The van der Waals surface area contributed by atoms with E-state index in [2.05, 4.69) is 22.2 Å². The highest BCUT2D eigenvalue weighted by Gasteiger charge is 2.31. The van der Waals surface area contributed by atoms with Gasteiger partial charge in [-0.3, -0.25) is 4.90 Å². The van der Waals surface area contributed by atoms with Crippen LogP contribution in [0.5, 0.6) is 0 Å². The third kappa shape index (κ3) is 4.81. The molecule has 0 bridgehead atoms. The van der Waals surface area contributed by atoms with E-state index in [-0.39, 0.29) is 11.9 Å². The maximum absolute atomic E-state index is 12.7. The van der Waals surface area contributed by atoms with Crippen molar-refractivity contribution in [2.24, 2.45) is 0 Å². The van der Waals surface area contributed by atoms with Gasteiger partial charge in [-0.25, -0.2) is 0 Å². The SMILES string of the molecule is CN1CCN(C2CCC(=N)/C(=C(/O)Nc3ccc(C(F)(F)F)cc3)C2)CC1. The van der Waals surface area contributed by atoms with Crippen molar-refractivity contribution in [1.29, 1.82) is 5.41 Å². The summed E-state index contributed by atoms with van der Waals surface area (Å²) in [5, 5.41) is 21.4. The predicted molar refractivity (Wildman–Crippen MR) is 99.2 cm³/mol. The maximum atomic E-state index is 12.7. The Labute approximate surface area is 157 Å². The summed E-state index contributed by atoms with van der Waals surface area (Å²) in [4.78, 5) is 4.68. The first-order valence-electron chi connectivity index (χ1n) is 9.11. The number of anilines is 1. The number of nitrogens with one attached hydrogen (secondary N) is 2. The zero-order valence-electron chi connectivity index (χ0n) is 15.3. The molecule has 148 valence electrons. The van der Waals surface area contributed by atoms with E-state index in [9.17, 15) is 18.3 Å². The molecule has 5 nitrogen and oxygen atoms in total. The number of hydrogen-bond donors (Lipinski definition) is 3. The molecular weight excluding hydrogens is 357 g/mol. The minimum Gasteiger partial charge on any atom is -0.494 e. The quantitative estimate of drug-likeness (QED) is 0.698. The lowest BCUT2D eigenvalue weighted by atomic mass is 9.87. The van der Waals surface area contributed by atoms with Gasteiger partial charge in [0, 0.05) is 49.2 Å². The second kappa shape index (κ2) is 7.90. The first-order valence-corrected chi connectivity index (χ1v) is 9.11. The van der Waals surface area contributed by atoms with E-state index < -0.39 is 11.7 Å². The normalized spacial score (nSPS) is 24.7. The Morgan fingerprint density at radius 1 is 1.15 bits per heavy atom. The lowest BCUT2D eigenvalue weighted by Crippen LogP contribution is -2.50. The van der Waals surface area contributed by atoms with Gasteiger partial charge >= 0.3 is 6.18 Å². The van der Waals surface area contributed by atoms with Crippen LogP contribution in [-0.2, 0) is 6.18 Å². The highest BCUT2D eigenvalue weighted by atomic mass is 19.4. The monoisotopic (exact) mass is 382 g/mol. The highest BCUT2D eigenvalue weighted by Crippen LogP contribution is 2.31. The molecule has 1 heterocycles. The molecule has 2 fully saturated rings. The van der Waals surface area contributed by atoms with Gasteiger partial charge in [0.15, 0.2) is 5.88 Å². The molecule has 1 saturated carbocycles. The summed E-state index contributed by atoms with van der Waals surface area (Å²) in [6.45, 7) is 3.94. The van der Waals surface area contributed by atoms with Gasteiger partial charge in [0.05, 0.1) is 5.56 Å². The van der Waals surface area contributed by atoms with Crippen molar-refractivity contribution in [2.75, 3.05) is 38.5 Å². The molecule has 1 atom stereocenters. The summed E-state index contributed by atoms with van der Waals surface area (Å²) >= 11 is 0. The number of alkyl halides is 3. The van der Waals surface area contributed by atoms with Crippen LogP contribution >= 0.6 is 0 Å². The molecule has 0 aromatic heterocycles. The Bertz CT molecular complexity index is 707. The standard InChI is InChI=1S/C19H25F3N4O/c1-25-8-10-26(11-9-25)15-6-7-17(23)16(12-15)18(27)24-14-4-2-13(3-5-14)19(20,21)22/h2-5,15,23-24,27H,6-12H2,1H3/b18-16+,23-17?. The van der Waals surface area contributed by atoms with Crippen molar-refractivity contribution in [1.82, 2.24) is 9.80 Å². The van der Waals surface area contributed by atoms with E-state index in [0.29, 0.717) is 29.8 Å². The number of aliphatic hydroxyl groups is 1. The van der Waals surface area contributed by atoms with Crippen LogP contribution in [-0.4, -0.2) is 59.9 Å². The van der Waals surface area contributed by atoms with Crippen molar-refractivity contribution in [2.45, 2.75) is 31.5 Å². The van der Waals surface area contributed by atoms with E-state index in [4.69, 9.17) is 5.41 Å². The zero-order chi connectivity index (χ0) is 19.6. The van der Waals surface area contributed by atoms with Crippen LogP contribution in [0.3, 0.4) is 0 Å². The molecule has 8 heteroatoms. The highest BCUT2D eigenvalue weighted by molar-refractivity contribution is 5.99. The van der Waals surface area contributed by atoms with Gasteiger partial charge < -0.3 is 20.7 Å². The summed E-state index contributed by atoms with van der Waals surface area (Å²) in [6.07, 6.45) is -2.34. The molecule has 0 radical (unpaired) electrons. The molecule has 3 N–H and O–H groups in total. The van der Waals surface area contributed by atoms with Crippen molar-refractivity contribution in [3.8, 4) is 0 Å². The fraction of sp³-hybridized carbons (Fsp3) is 0.526. The number of halogens is 3. The van der Waals surface area contributed by atoms with Crippen LogP contribution in [0.2, 0.25) is 0 Å². The number of rotatable bonds is 3. The Morgan fingerprint density at radius 2 is 1.78 bits per heavy atom. The van der Waals surface area contributed by atoms with Crippen LogP contribution in [0.1, 0.15) is 24.8 Å². The van der Waals surface area contributed by atoms with Crippen molar-refractivity contribution >= 4 is 11.4 Å². The summed E-state index contributed by atoms with van der Waals surface area (Å²) in [5.74, 6) is -0.140. The second-order valence-corrected chi connectivity index (χ2v) is 7.24. The predicted octanol–water partition coefficient (Wildman–Crippen LogP) is 3.71. The maximum Gasteiger partial charge on any atom is 0.416 e. The lowest BCUT2D eigenvalue weighted by molar-refractivity contribution is -0.137. The van der Waals surface area contributed by atoms with Crippen LogP contribution < -0.4 is 5.32 Å². The van der Waals surface area contributed by atoms with Gasteiger partial charge in [-0.1, -0.05) is 0 Å². The summed E-state index contributed by atoms with van der Waals surface area (Å²) in [6, 6.07) is 4.78. The van der Waals surface area contributed by atoms with E-state index in [1.54, 1.807) is 0 Å². The second-order valence-electron chi connectivity index (χ2n) is 7.24. The van der Waals surface area contributed by atoms with E-state index in [1.807, 2.05) is 0 Å². The van der Waals surface area contributed by atoms with Gasteiger partial charge in [-0.2, -0.15) is 13.2 Å². The first kappa shape index (κ1) is 19.7. The van der Waals surface area contributed by atoms with Crippen molar-refractivity contribution in [3.63, 3.8) is 0 Å². The third-order valence-electron chi connectivity index (χ3n) is 5.35. The molecule has 1 aromatic carbocycles. The summed E-state index contributed by atoms with van der Waals surface area (Å²) < 4.78 is 38.0. The Kier molecular flexibility index (Phi) is 5.76. The molecule has 1 aromatic rings. The molecule has 0 spiro atoms. The van der Waals surface area contributed by atoms with Crippen molar-refractivity contribution < 1.29 is 18.3 Å². The number of piperazine rings is 1. The minimum absolute atomic E-state index is 0.140. The molecule has 3 rings (SSSR count). The van der Waals surface area contributed by atoms with Gasteiger partial charge in [0.1, 0.15) is 0 Å². The molecule has 1 saturated heterocycles. The van der Waals surface area contributed by atoms with Gasteiger partial charge in [0.25, 0.3) is 0 Å². The molecule has 1 aliphatic heterocycles. The molecule has 0 amide bonds. The Morgan fingerprint density at radius 3 is 2.37 bits per heavy atom. The third-order valence-corrected chi connectivity index (χ3v) is 5.35. The molecule has 2 aliphatic rings. The van der Waals surface area contributed by atoms with Crippen LogP contribution in [0.15, 0.2) is 35.7 Å². The summed E-state index contributed by atoms with van der Waals surface area (Å²) in [5.41, 5.74) is 0.561. The van der Waals surface area contributed by atoms with Crippen LogP contribution in [0.4, 0.5) is 18.9 Å². The number of nitrogens with zero attached hydrogens (tertiary/aromatic N) is 2. The average molecular weight is 382 g/mol. The van der Waals surface area contributed by atoms with Gasteiger partial charge in [0.2, 0.25) is 0 Å². The smallest absolute Gasteiger partial charge is 0.416 e.